The first-order valence-electron chi connectivity index (χ1n) is 24.8. The lowest BCUT2D eigenvalue weighted by atomic mass is 9.85. The van der Waals surface area contributed by atoms with Gasteiger partial charge in [-0.15, -0.1) is 32.9 Å². The van der Waals surface area contributed by atoms with Crippen LogP contribution in [0, 0.1) is 39.0 Å². The summed E-state index contributed by atoms with van der Waals surface area (Å²) in [5.41, 5.74) is 9.89. The van der Waals surface area contributed by atoms with Crippen LogP contribution in [0.5, 0.6) is 5.88 Å². The summed E-state index contributed by atoms with van der Waals surface area (Å²) in [6.45, 7) is 18.7. The van der Waals surface area contributed by atoms with Gasteiger partial charge in [0.05, 0.1) is 40.5 Å². The summed E-state index contributed by atoms with van der Waals surface area (Å²) in [7, 11) is 0. The van der Waals surface area contributed by atoms with Crippen molar-refractivity contribution in [3.8, 4) is 32.4 Å². The molecule has 1 saturated heterocycles. The minimum atomic E-state index is -0.675. The number of hydrogen-bond donors (Lipinski definition) is 2. The molecular weight excluding hydrogens is 978 g/mol. The third-order valence-electron chi connectivity index (χ3n) is 14.3. The highest BCUT2D eigenvalue weighted by atomic mass is 35.5. The SMILES string of the molecule is Cc1ncsc1-c1ccc(C(C)NC(=O)[C@@H]2C[C@@H](C)CN2C(=O)[C@@H](n2cc(-c3ccnc(O[C@H]4C[C@H](NC(=O)C[C@@H]5N=C(c6ccc(Cl)cc6)c6c(sc(C)c6C)-n6c(C)nnc65)C4)c3)cn2)C(C)(C)C)cc1. The Kier molecular flexibility index (Phi) is 13.7. The number of aryl methyl sites for hydroxylation is 3. The van der Waals surface area contributed by atoms with Crippen molar-refractivity contribution in [3.05, 3.63) is 134 Å². The second-order valence-electron chi connectivity index (χ2n) is 20.9. The predicted octanol–water partition coefficient (Wildman–Crippen LogP) is 10.3. The summed E-state index contributed by atoms with van der Waals surface area (Å²) < 4.78 is 10.1. The number of aromatic nitrogens is 7. The second kappa shape index (κ2) is 20.0. The molecule has 1 unspecified atom stereocenters. The number of likely N-dealkylation sites (tertiary alicyclic amines) is 1. The van der Waals surface area contributed by atoms with E-state index in [1.165, 1.54) is 4.88 Å². The van der Waals surface area contributed by atoms with Gasteiger partial charge in [0.15, 0.2) is 5.82 Å². The summed E-state index contributed by atoms with van der Waals surface area (Å²) in [5.74, 6) is 1.54. The molecule has 7 heterocycles. The normalized spacial score (nSPS) is 20.3. The number of amides is 3. The molecule has 10 rings (SSSR count). The molecule has 5 atom stereocenters. The lowest BCUT2D eigenvalue weighted by Crippen LogP contribution is -2.50. The van der Waals surface area contributed by atoms with Crippen molar-refractivity contribution >= 4 is 57.7 Å². The van der Waals surface area contributed by atoms with Crippen LogP contribution >= 0.6 is 34.3 Å². The van der Waals surface area contributed by atoms with Gasteiger partial charge in [0.25, 0.3) is 0 Å². The minimum Gasteiger partial charge on any atom is -0.474 e. The average Bonchev–Trinajstić information content (AvgIpc) is 4.19. The number of nitrogens with one attached hydrogen (secondary N) is 2. The Balaban J connectivity index is 0.772. The molecule has 18 heteroatoms. The average molecular weight is 1040 g/mol. The van der Waals surface area contributed by atoms with Gasteiger partial charge in [0.2, 0.25) is 23.6 Å². The molecule has 1 aliphatic carbocycles. The molecular formula is C55H60ClN11O4S2. The molecule has 0 spiro atoms. The highest BCUT2D eigenvalue weighted by Crippen LogP contribution is 2.41. The molecule has 1 saturated carbocycles. The summed E-state index contributed by atoms with van der Waals surface area (Å²) in [5, 5.41) is 21.8. The van der Waals surface area contributed by atoms with E-state index in [0.29, 0.717) is 42.5 Å². The number of carbonyl (C=O) groups is 3. The largest absolute Gasteiger partial charge is 0.474 e. The van der Waals surface area contributed by atoms with Gasteiger partial charge in [-0.3, -0.25) is 28.6 Å². The summed E-state index contributed by atoms with van der Waals surface area (Å²) in [6, 6.07) is 17.5. The van der Waals surface area contributed by atoms with Crippen molar-refractivity contribution < 1.29 is 19.1 Å². The number of fused-ring (bicyclic) bond motifs is 3. The van der Waals surface area contributed by atoms with Gasteiger partial charge >= 0.3 is 0 Å². The minimum absolute atomic E-state index is 0.0772. The van der Waals surface area contributed by atoms with Crippen molar-refractivity contribution in [1.82, 2.24) is 50.0 Å². The number of ether oxygens (including phenoxy) is 1. The first kappa shape index (κ1) is 50.0. The van der Waals surface area contributed by atoms with E-state index in [1.807, 2.05) is 106 Å². The lowest BCUT2D eigenvalue weighted by molar-refractivity contribution is -0.144. The van der Waals surface area contributed by atoms with Gasteiger partial charge in [-0.05, 0) is 92.8 Å². The zero-order chi connectivity index (χ0) is 51.5. The third kappa shape index (κ3) is 10.1. The molecule has 5 aromatic heterocycles. The number of carbonyl (C=O) groups excluding carboxylic acids is 3. The number of aliphatic imine (C=N–C) groups is 1. The van der Waals surface area contributed by atoms with Gasteiger partial charge in [-0.1, -0.05) is 75.7 Å². The Bertz CT molecular complexity index is 3240. The van der Waals surface area contributed by atoms with E-state index in [4.69, 9.17) is 26.4 Å². The summed E-state index contributed by atoms with van der Waals surface area (Å²) in [4.78, 5) is 60.8. The number of thiazole rings is 1. The number of hydrogen-bond acceptors (Lipinski definition) is 12. The van der Waals surface area contributed by atoms with Gasteiger partial charge in [0.1, 0.15) is 35.1 Å². The van der Waals surface area contributed by atoms with Crippen molar-refractivity contribution in [2.24, 2.45) is 16.3 Å². The fourth-order valence-corrected chi connectivity index (χ4v) is 12.4. The molecule has 2 aromatic carbocycles. The van der Waals surface area contributed by atoms with Crippen LogP contribution in [-0.4, -0.2) is 87.6 Å². The quantitative estimate of drug-likeness (QED) is 0.114. The van der Waals surface area contributed by atoms with E-state index in [-0.39, 0.29) is 48.2 Å². The monoisotopic (exact) mass is 1040 g/mol. The molecule has 0 radical (unpaired) electrons. The van der Waals surface area contributed by atoms with Gasteiger partial charge in [-0.2, -0.15) is 5.10 Å². The number of halogens is 1. The first-order chi connectivity index (χ1) is 34.9. The number of benzene rings is 2. The van der Waals surface area contributed by atoms with Crippen molar-refractivity contribution in [2.75, 3.05) is 6.54 Å². The van der Waals surface area contributed by atoms with Crippen LogP contribution in [0.4, 0.5) is 0 Å². The topological polar surface area (TPSA) is 174 Å². The van der Waals surface area contributed by atoms with Crippen LogP contribution < -0.4 is 15.4 Å². The fourth-order valence-electron chi connectivity index (χ4n) is 10.3. The highest BCUT2D eigenvalue weighted by molar-refractivity contribution is 7.15. The van der Waals surface area contributed by atoms with Crippen LogP contribution in [0.2, 0.25) is 5.02 Å². The second-order valence-corrected chi connectivity index (χ2v) is 23.4. The van der Waals surface area contributed by atoms with Crippen LogP contribution in [0.1, 0.15) is 123 Å². The van der Waals surface area contributed by atoms with Crippen molar-refractivity contribution in [3.63, 3.8) is 0 Å². The maximum atomic E-state index is 14.7. The van der Waals surface area contributed by atoms with E-state index >= 15 is 0 Å². The van der Waals surface area contributed by atoms with Crippen LogP contribution in [-0.2, 0) is 14.4 Å². The number of nitrogens with zero attached hydrogens (tertiary/aromatic N) is 9. The van der Waals surface area contributed by atoms with Crippen LogP contribution in [0.25, 0.3) is 26.6 Å². The number of rotatable bonds is 13. The van der Waals surface area contributed by atoms with Gasteiger partial charge in [-0.25, -0.2) is 9.97 Å². The highest BCUT2D eigenvalue weighted by Gasteiger charge is 2.45. The Morgan fingerprint density at radius 2 is 1.66 bits per heavy atom. The first-order valence-corrected chi connectivity index (χ1v) is 26.9. The smallest absolute Gasteiger partial charge is 0.248 e. The summed E-state index contributed by atoms with van der Waals surface area (Å²) >= 11 is 9.58. The molecule has 7 aromatic rings. The molecule has 0 bridgehead atoms. The van der Waals surface area contributed by atoms with Crippen molar-refractivity contribution in [2.45, 2.75) is 124 Å². The Morgan fingerprint density at radius 3 is 2.37 bits per heavy atom. The predicted molar refractivity (Wildman–Crippen MR) is 286 cm³/mol. The molecule has 3 amide bonds. The maximum Gasteiger partial charge on any atom is 0.248 e. The van der Waals surface area contributed by atoms with E-state index < -0.39 is 23.5 Å². The van der Waals surface area contributed by atoms with Crippen molar-refractivity contribution in [1.29, 1.82) is 0 Å². The van der Waals surface area contributed by atoms with Gasteiger partial charge in [0, 0.05) is 70.5 Å². The van der Waals surface area contributed by atoms with E-state index in [1.54, 1.807) is 44.6 Å². The molecule has 15 nitrogen and oxygen atoms in total. The molecule has 378 valence electrons. The zero-order valence-electron chi connectivity index (χ0n) is 42.5. The standard InChI is InChI=1S/C55H60ClN11O4S2/c1-29-20-44(52(69)60-31(3)35-10-12-37(13-11-35)49-32(4)58-28-72-49)65(26-29)53(70)50(55(7,8)9)66-27-39(25-59-66)38-18-19-57-46(21-38)71-42-22-41(23-42)61-45(68)24-43-51-64-63-34(6)67(51)54-47(30(2)33(5)73-54)48(62-43)36-14-16-40(56)17-15-36/h10-19,21,25,27-29,31,41-44,50H,20,22-24,26H2,1-9H3,(H,60,69)(H,61,68)/t29-,31?,41-,42-,43+,44+,50-/m1/s1. The molecule has 3 aliphatic rings. The fraction of sp³-hybridized carbons (Fsp3) is 0.400. The zero-order valence-corrected chi connectivity index (χ0v) is 44.9. The number of thiophene rings is 1. The molecule has 73 heavy (non-hydrogen) atoms. The summed E-state index contributed by atoms with van der Waals surface area (Å²) in [6.07, 6.45) is 7.11. The lowest BCUT2D eigenvalue weighted by Gasteiger charge is -2.35. The van der Waals surface area contributed by atoms with Crippen LogP contribution in [0.15, 0.2) is 89.8 Å². The Morgan fingerprint density at radius 1 is 0.918 bits per heavy atom. The Labute approximate surface area is 438 Å². The van der Waals surface area contributed by atoms with Gasteiger partial charge < -0.3 is 20.3 Å². The molecule has 2 aliphatic heterocycles. The van der Waals surface area contributed by atoms with E-state index in [0.717, 1.165) is 66.1 Å². The van der Waals surface area contributed by atoms with Crippen LogP contribution in [0.3, 0.4) is 0 Å². The third-order valence-corrected chi connectivity index (χ3v) is 16.8. The molecule has 2 N–H and O–H groups in total. The van der Waals surface area contributed by atoms with E-state index in [2.05, 4.69) is 63.7 Å². The number of pyridine rings is 1. The maximum absolute atomic E-state index is 14.7. The Hall–Kier alpha value is -6.56. The molecule has 2 fully saturated rings. The van der Waals surface area contributed by atoms with E-state index in [9.17, 15) is 14.4 Å².